The van der Waals surface area contributed by atoms with Crippen LogP contribution in [-0.2, 0) is 10.3 Å². The summed E-state index contributed by atoms with van der Waals surface area (Å²) in [5, 5.41) is 13.3. The van der Waals surface area contributed by atoms with E-state index in [9.17, 15) is 9.90 Å². The second-order valence-electron chi connectivity index (χ2n) is 4.85. The van der Waals surface area contributed by atoms with Crippen LogP contribution in [0.5, 0.6) is 5.88 Å². The first-order valence-electron chi connectivity index (χ1n) is 6.61. The first-order valence-corrected chi connectivity index (χ1v) is 6.61. The molecule has 0 aromatic carbocycles. The van der Waals surface area contributed by atoms with E-state index in [2.05, 4.69) is 15.0 Å². The number of carbonyl (C=O) groups excluding carboxylic acids is 1. The molecule has 2 aromatic heterocycles. The van der Waals surface area contributed by atoms with Gasteiger partial charge in [0.2, 0.25) is 5.88 Å². The summed E-state index contributed by atoms with van der Waals surface area (Å²) in [5.74, 6) is 0.516. The minimum absolute atomic E-state index is 0.148. The fraction of sp³-hybridized carbons (Fsp3) is 0.333. The third-order valence-corrected chi connectivity index (χ3v) is 3.12. The molecule has 22 heavy (non-hydrogen) atoms. The van der Waals surface area contributed by atoms with E-state index >= 15 is 0 Å². The molecule has 0 aliphatic carbocycles. The Morgan fingerprint density at radius 2 is 2.18 bits per heavy atom. The highest BCUT2D eigenvalue weighted by molar-refractivity contribution is 5.92. The average Bonchev–Trinajstić information content (AvgIpc) is 3.07. The molecule has 0 spiro atoms. The number of hydrogen-bond donors (Lipinski definition) is 2. The van der Waals surface area contributed by atoms with Crippen molar-refractivity contribution in [1.82, 2.24) is 4.98 Å². The van der Waals surface area contributed by atoms with Crippen molar-refractivity contribution in [2.45, 2.75) is 12.5 Å². The van der Waals surface area contributed by atoms with Crippen LogP contribution in [-0.4, -0.2) is 36.8 Å². The summed E-state index contributed by atoms with van der Waals surface area (Å²) in [5.41, 5.74) is -0.965. The van der Waals surface area contributed by atoms with E-state index in [1.807, 2.05) is 0 Å². The van der Waals surface area contributed by atoms with Crippen LogP contribution in [0.4, 0.5) is 5.82 Å². The Morgan fingerprint density at radius 3 is 2.77 bits per heavy atom. The number of anilines is 1. The van der Waals surface area contributed by atoms with Crippen molar-refractivity contribution >= 4 is 11.8 Å². The number of pyridine rings is 1. The van der Waals surface area contributed by atoms with Crippen LogP contribution in [0.1, 0.15) is 23.0 Å². The number of aromatic nitrogens is 1. The minimum atomic E-state index is -1.20. The lowest BCUT2D eigenvalue weighted by Crippen LogP contribution is -2.30. The highest BCUT2D eigenvalue weighted by atomic mass is 16.5. The predicted molar refractivity (Wildman–Crippen MR) is 78.9 cm³/mol. The number of furan rings is 1. The summed E-state index contributed by atoms with van der Waals surface area (Å²) in [6.07, 6.45) is 1.50. The largest absolute Gasteiger partial charge is 0.480 e. The number of esters is 1. The molecular weight excluding hydrogens is 288 g/mol. The molecule has 1 atom stereocenters. The van der Waals surface area contributed by atoms with E-state index in [1.165, 1.54) is 20.5 Å². The Balaban J connectivity index is 2.12. The van der Waals surface area contributed by atoms with Gasteiger partial charge >= 0.3 is 5.97 Å². The molecule has 0 saturated heterocycles. The van der Waals surface area contributed by atoms with Crippen LogP contribution in [0.15, 0.2) is 34.9 Å². The molecule has 0 fully saturated rings. The molecule has 0 bridgehead atoms. The summed E-state index contributed by atoms with van der Waals surface area (Å²) < 4.78 is 14.9. The number of carbonyl (C=O) groups is 1. The minimum Gasteiger partial charge on any atom is -0.480 e. The summed E-state index contributed by atoms with van der Waals surface area (Å²) in [7, 11) is 2.70. The van der Waals surface area contributed by atoms with E-state index < -0.39 is 11.6 Å². The van der Waals surface area contributed by atoms with Gasteiger partial charge in [-0.3, -0.25) is 0 Å². The lowest BCUT2D eigenvalue weighted by molar-refractivity contribution is 0.0475. The fourth-order valence-electron chi connectivity index (χ4n) is 1.89. The molecular formula is C15H18N2O5. The predicted octanol–water partition coefficient (Wildman–Crippen LogP) is 1.79. The summed E-state index contributed by atoms with van der Waals surface area (Å²) in [4.78, 5) is 15.7. The third-order valence-electron chi connectivity index (χ3n) is 3.12. The molecule has 118 valence electrons. The van der Waals surface area contributed by atoms with Gasteiger partial charge in [0.05, 0.1) is 27.0 Å². The lowest BCUT2D eigenvalue weighted by Gasteiger charge is -2.21. The highest BCUT2D eigenvalue weighted by Gasteiger charge is 2.26. The monoisotopic (exact) mass is 306 g/mol. The number of nitrogens with one attached hydrogen (secondary N) is 1. The molecule has 2 N–H and O–H groups in total. The summed E-state index contributed by atoms with van der Waals surface area (Å²) in [6.45, 7) is 1.80. The van der Waals surface area contributed by atoms with Crippen LogP contribution in [0.3, 0.4) is 0 Å². The average molecular weight is 306 g/mol. The Kier molecular flexibility index (Phi) is 4.67. The maximum atomic E-state index is 11.6. The molecule has 2 heterocycles. The van der Waals surface area contributed by atoms with Gasteiger partial charge in [0.25, 0.3) is 0 Å². The van der Waals surface area contributed by atoms with Crippen molar-refractivity contribution in [3.05, 3.63) is 41.9 Å². The van der Waals surface area contributed by atoms with Crippen LogP contribution in [0.25, 0.3) is 0 Å². The van der Waals surface area contributed by atoms with Crippen LogP contribution in [0.2, 0.25) is 0 Å². The smallest absolute Gasteiger partial charge is 0.343 e. The molecule has 1 unspecified atom stereocenters. The van der Waals surface area contributed by atoms with Gasteiger partial charge in [0.1, 0.15) is 22.7 Å². The van der Waals surface area contributed by atoms with Crippen molar-refractivity contribution in [2.75, 3.05) is 26.1 Å². The van der Waals surface area contributed by atoms with Crippen LogP contribution in [0, 0.1) is 0 Å². The molecule has 0 aliphatic rings. The molecule has 0 amide bonds. The molecule has 0 radical (unpaired) electrons. The maximum absolute atomic E-state index is 11.6. The van der Waals surface area contributed by atoms with Gasteiger partial charge in [0.15, 0.2) is 0 Å². The van der Waals surface area contributed by atoms with E-state index in [1.54, 1.807) is 31.2 Å². The maximum Gasteiger partial charge on any atom is 0.343 e. The molecule has 7 nitrogen and oxygen atoms in total. The number of ether oxygens (including phenoxy) is 2. The lowest BCUT2D eigenvalue weighted by atomic mass is 10.0. The number of rotatable bonds is 6. The fourth-order valence-corrected chi connectivity index (χ4v) is 1.89. The molecule has 0 aliphatic heterocycles. The Hall–Kier alpha value is -2.54. The van der Waals surface area contributed by atoms with Crippen LogP contribution < -0.4 is 10.1 Å². The Morgan fingerprint density at radius 1 is 1.41 bits per heavy atom. The molecule has 0 saturated carbocycles. The zero-order valence-corrected chi connectivity index (χ0v) is 12.6. The highest BCUT2D eigenvalue weighted by Crippen LogP contribution is 2.23. The van der Waals surface area contributed by atoms with E-state index in [-0.39, 0.29) is 18.0 Å². The van der Waals surface area contributed by atoms with Gasteiger partial charge < -0.3 is 24.3 Å². The first kappa shape index (κ1) is 15.8. The second kappa shape index (κ2) is 6.48. The van der Waals surface area contributed by atoms with Crippen molar-refractivity contribution in [2.24, 2.45) is 0 Å². The molecule has 2 aromatic rings. The number of methoxy groups -OCH3 is 2. The second-order valence-corrected chi connectivity index (χ2v) is 4.85. The summed E-state index contributed by atoms with van der Waals surface area (Å²) >= 11 is 0. The van der Waals surface area contributed by atoms with Gasteiger partial charge in [0, 0.05) is 0 Å². The molecule has 2 rings (SSSR count). The topological polar surface area (TPSA) is 93.8 Å². The standard InChI is InChI=1S/C15H18N2O5/c1-15(19,11-5-4-8-22-11)9-16-12-7-6-10(14(18)21-3)13(17-12)20-2/h4-8,19H,9H2,1-3H3,(H,16,17). The zero-order chi connectivity index (χ0) is 16.2. The van der Waals surface area contributed by atoms with Crippen molar-refractivity contribution in [1.29, 1.82) is 0 Å². The van der Waals surface area contributed by atoms with Gasteiger partial charge in [-0.05, 0) is 31.2 Å². The third kappa shape index (κ3) is 3.37. The normalized spacial score (nSPS) is 13.3. The summed E-state index contributed by atoms with van der Waals surface area (Å²) in [6, 6.07) is 6.54. The SMILES string of the molecule is COC(=O)c1ccc(NCC(C)(O)c2ccco2)nc1OC. The van der Waals surface area contributed by atoms with Gasteiger partial charge in [-0.15, -0.1) is 0 Å². The van der Waals surface area contributed by atoms with Gasteiger partial charge in [-0.1, -0.05) is 0 Å². The van der Waals surface area contributed by atoms with E-state index in [0.717, 1.165) is 0 Å². The van der Waals surface area contributed by atoms with E-state index in [4.69, 9.17) is 9.15 Å². The zero-order valence-electron chi connectivity index (χ0n) is 12.6. The van der Waals surface area contributed by atoms with Crippen molar-refractivity contribution in [3.8, 4) is 5.88 Å². The number of nitrogens with zero attached hydrogens (tertiary/aromatic N) is 1. The first-order chi connectivity index (χ1) is 10.5. The quantitative estimate of drug-likeness (QED) is 0.786. The molecule has 7 heteroatoms. The van der Waals surface area contributed by atoms with E-state index in [0.29, 0.717) is 11.6 Å². The number of hydrogen-bond acceptors (Lipinski definition) is 7. The van der Waals surface area contributed by atoms with Crippen LogP contribution >= 0.6 is 0 Å². The van der Waals surface area contributed by atoms with Gasteiger partial charge in [-0.2, -0.15) is 4.98 Å². The van der Waals surface area contributed by atoms with Gasteiger partial charge in [-0.25, -0.2) is 4.79 Å². The van der Waals surface area contributed by atoms with Crippen molar-refractivity contribution < 1.29 is 23.8 Å². The Bertz CT molecular complexity index is 637. The Labute approximate surface area is 127 Å². The number of aliphatic hydroxyl groups is 1. The van der Waals surface area contributed by atoms with Crippen molar-refractivity contribution in [3.63, 3.8) is 0 Å².